The molecule has 0 saturated carbocycles. The van der Waals surface area contributed by atoms with Gasteiger partial charge in [0, 0.05) is 5.56 Å². The van der Waals surface area contributed by atoms with Crippen molar-refractivity contribution in [2.24, 2.45) is 0 Å². The number of rotatable bonds is 2. The van der Waals surface area contributed by atoms with Crippen molar-refractivity contribution in [2.75, 3.05) is 0 Å². The quantitative estimate of drug-likeness (QED) is 0.518. The highest BCUT2D eigenvalue weighted by Crippen LogP contribution is 2.39. The molecule has 0 atom stereocenters. The van der Waals surface area contributed by atoms with Crippen molar-refractivity contribution in [1.29, 1.82) is 0 Å². The number of allylic oxidation sites excluding steroid dienone is 3. The Morgan fingerprint density at radius 1 is 0.640 bits per heavy atom. The Morgan fingerprint density at radius 2 is 1.12 bits per heavy atom. The molecule has 0 aliphatic heterocycles. The van der Waals surface area contributed by atoms with E-state index in [-0.39, 0.29) is 5.78 Å². The van der Waals surface area contributed by atoms with Crippen molar-refractivity contribution in [3.8, 4) is 0 Å². The number of halogens is 1. The molecule has 0 unspecified atom stereocenters. The van der Waals surface area contributed by atoms with E-state index in [2.05, 4.69) is 40.2 Å². The van der Waals surface area contributed by atoms with E-state index in [9.17, 15) is 4.79 Å². The zero-order chi connectivity index (χ0) is 17.2. The maximum absolute atomic E-state index is 12.5. The van der Waals surface area contributed by atoms with Crippen LogP contribution in [0, 0.1) is 0 Å². The van der Waals surface area contributed by atoms with E-state index in [1.807, 2.05) is 66.7 Å². The first-order valence-corrected chi connectivity index (χ1v) is 8.91. The Kier molecular flexibility index (Phi) is 4.21. The van der Waals surface area contributed by atoms with Crippen molar-refractivity contribution in [3.05, 3.63) is 118 Å². The molecule has 0 heterocycles. The largest absolute Gasteiger partial charge is 0.288 e. The van der Waals surface area contributed by atoms with Crippen LogP contribution in [-0.2, 0) is 0 Å². The normalized spacial score (nSPS) is 13.2. The van der Waals surface area contributed by atoms with Crippen molar-refractivity contribution in [2.45, 2.75) is 0 Å². The van der Waals surface area contributed by atoms with Gasteiger partial charge in [-0.2, -0.15) is 0 Å². The van der Waals surface area contributed by atoms with Crippen molar-refractivity contribution in [3.63, 3.8) is 0 Å². The number of benzene rings is 3. The van der Waals surface area contributed by atoms with Gasteiger partial charge in [0.2, 0.25) is 5.78 Å². The van der Waals surface area contributed by atoms with E-state index in [4.69, 9.17) is 0 Å². The SMILES string of the molecule is O=C1C(Br)=CC(=C(c2ccccc2)c2ccccc2)c2ccccc21. The van der Waals surface area contributed by atoms with Gasteiger partial charge < -0.3 is 0 Å². The summed E-state index contributed by atoms with van der Waals surface area (Å²) in [5.41, 5.74) is 6.14. The molecule has 0 aromatic heterocycles. The number of carbonyl (C=O) groups is 1. The Balaban J connectivity index is 2.09. The number of carbonyl (C=O) groups excluding carboxylic acids is 1. The Labute approximate surface area is 155 Å². The van der Waals surface area contributed by atoms with Crippen LogP contribution in [0.3, 0.4) is 0 Å². The summed E-state index contributed by atoms with van der Waals surface area (Å²) in [6.07, 6.45) is 1.94. The van der Waals surface area contributed by atoms with Crippen LogP contribution in [0.15, 0.2) is 95.5 Å². The van der Waals surface area contributed by atoms with Gasteiger partial charge in [0.15, 0.2) is 0 Å². The molecule has 0 fully saturated rings. The first kappa shape index (κ1) is 15.8. The Hall–Kier alpha value is -2.71. The number of ketones is 1. The van der Waals surface area contributed by atoms with Gasteiger partial charge in [-0.3, -0.25) is 4.79 Å². The van der Waals surface area contributed by atoms with Crippen molar-refractivity contribution >= 4 is 32.9 Å². The standard InChI is InChI=1S/C23H15BrO/c24-21-15-20(18-13-7-8-14-19(18)23(21)25)22(16-9-3-1-4-10-16)17-11-5-2-6-12-17/h1-15H. The second-order valence-electron chi connectivity index (χ2n) is 5.89. The highest BCUT2D eigenvalue weighted by atomic mass is 79.9. The molecule has 2 heteroatoms. The van der Waals surface area contributed by atoms with Gasteiger partial charge in [0.25, 0.3) is 0 Å². The molecule has 0 bridgehead atoms. The first-order valence-electron chi connectivity index (χ1n) is 8.12. The third kappa shape index (κ3) is 2.90. The second-order valence-corrected chi connectivity index (χ2v) is 6.74. The molecule has 3 aromatic rings. The second kappa shape index (κ2) is 6.66. The van der Waals surface area contributed by atoms with Gasteiger partial charge in [-0.25, -0.2) is 0 Å². The summed E-state index contributed by atoms with van der Waals surface area (Å²) < 4.78 is 0.588. The number of Topliss-reactive ketones (excluding diaryl/α,β-unsaturated/α-hetero) is 1. The molecule has 4 rings (SSSR count). The topological polar surface area (TPSA) is 17.1 Å². The predicted octanol–water partition coefficient (Wildman–Crippen LogP) is 6.12. The fourth-order valence-corrected chi connectivity index (χ4v) is 3.65. The van der Waals surface area contributed by atoms with E-state index in [1.165, 1.54) is 0 Å². The van der Waals surface area contributed by atoms with Crippen LogP contribution < -0.4 is 0 Å². The highest BCUT2D eigenvalue weighted by Gasteiger charge is 2.24. The molecular formula is C23H15BrO. The molecule has 1 aliphatic rings. The van der Waals surface area contributed by atoms with E-state index in [0.717, 1.165) is 33.4 Å². The molecule has 1 nitrogen and oxygen atoms in total. The number of hydrogen-bond donors (Lipinski definition) is 0. The molecular weight excluding hydrogens is 372 g/mol. The van der Waals surface area contributed by atoms with Crippen LogP contribution in [0.4, 0.5) is 0 Å². The van der Waals surface area contributed by atoms with Crippen LogP contribution in [0.1, 0.15) is 27.0 Å². The van der Waals surface area contributed by atoms with Gasteiger partial charge in [0.1, 0.15) is 0 Å². The first-order chi connectivity index (χ1) is 12.3. The van der Waals surface area contributed by atoms with Crippen LogP contribution >= 0.6 is 15.9 Å². The molecule has 120 valence electrons. The summed E-state index contributed by atoms with van der Waals surface area (Å²) in [5.74, 6) is 0.0276. The van der Waals surface area contributed by atoms with Crippen molar-refractivity contribution in [1.82, 2.24) is 0 Å². The fraction of sp³-hybridized carbons (Fsp3) is 0. The molecule has 1 aliphatic carbocycles. The van der Waals surface area contributed by atoms with E-state index >= 15 is 0 Å². The molecule has 25 heavy (non-hydrogen) atoms. The lowest BCUT2D eigenvalue weighted by atomic mass is 9.84. The minimum atomic E-state index is 0.0276. The highest BCUT2D eigenvalue weighted by molar-refractivity contribution is 9.12. The third-order valence-electron chi connectivity index (χ3n) is 4.34. The zero-order valence-electron chi connectivity index (χ0n) is 13.4. The summed E-state index contributed by atoms with van der Waals surface area (Å²) in [6, 6.07) is 28.4. The number of fused-ring (bicyclic) bond motifs is 1. The van der Waals surface area contributed by atoms with Crippen LogP contribution in [-0.4, -0.2) is 5.78 Å². The monoisotopic (exact) mass is 386 g/mol. The van der Waals surface area contributed by atoms with E-state index in [0.29, 0.717) is 4.48 Å². The van der Waals surface area contributed by atoms with Crippen LogP contribution in [0.25, 0.3) is 11.1 Å². The molecule has 0 amide bonds. The summed E-state index contributed by atoms with van der Waals surface area (Å²) in [7, 11) is 0. The van der Waals surface area contributed by atoms with Gasteiger partial charge in [-0.15, -0.1) is 0 Å². The van der Waals surface area contributed by atoms with E-state index in [1.54, 1.807) is 0 Å². The molecule has 0 N–H and O–H groups in total. The van der Waals surface area contributed by atoms with Gasteiger partial charge in [-0.1, -0.05) is 84.9 Å². The summed E-state index contributed by atoms with van der Waals surface area (Å²) in [5, 5.41) is 0. The Morgan fingerprint density at radius 3 is 1.68 bits per heavy atom. The maximum Gasteiger partial charge on any atom is 0.200 e. The van der Waals surface area contributed by atoms with Gasteiger partial charge >= 0.3 is 0 Å². The summed E-state index contributed by atoms with van der Waals surface area (Å²) in [4.78, 5) is 12.5. The predicted molar refractivity (Wildman–Crippen MR) is 107 cm³/mol. The fourth-order valence-electron chi connectivity index (χ4n) is 3.21. The molecule has 0 spiro atoms. The smallest absolute Gasteiger partial charge is 0.200 e. The van der Waals surface area contributed by atoms with Crippen LogP contribution in [0.2, 0.25) is 0 Å². The minimum Gasteiger partial charge on any atom is -0.288 e. The van der Waals surface area contributed by atoms with Crippen molar-refractivity contribution < 1.29 is 4.79 Å². The average Bonchev–Trinajstić information content (AvgIpc) is 2.68. The average molecular weight is 387 g/mol. The zero-order valence-corrected chi connectivity index (χ0v) is 15.0. The molecule has 0 radical (unpaired) electrons. The molecule has 0 saturated heterocycles. The third-order valence-corrected chi connectivity index (χ3v) is 4.93. The minimum absolute atomic E-state index is 0.0276. The lowest BCUT2D eigenvalue weighted by Crippen LogP contribution is -2.09. The Bertz CT molecular complexity index is 957. The lowest BCUT2D eigenvalue weighted by molar-refractivity contribution is 0.104. The van der Waals surface area contributed by atoms with Crippen LogP contribution in [0.5, 0.6) is 0 Å². The maximum atomic E-state index is 12.5. The van der Waals surface area contributed by atoms with Gasteiger partial charge in [-0.05, 0) is 49.8 Å². The lowest BCUT2D eigenvalue weighted by Gasteiger charge is -2.20. The van der Waals surface area contributed by atoms with E-state index < -0.39 is 0 Å². The van der Waals surface area contributed by atoms with Gasteiger partial charge in [0.05, 0.1) is 4.48 Å². The summed E-state index contributed by atoms with van der Waals surface area (Å²) >= 11 is 3.45. The molecule has 3 aromatic carbocycles. The summed E-state index contributed by atoms with van der Waals surface area (Å²) in [6.45, 7) is 0. The number of hydrogen-bond acceptors (Lipinski definition) is 1.